The summed E-state index contributed by atoms with van der Waals surface area (Å²) in [6, 6.07) is 5.41. The Morgan fingerprint density at radius 1 is 1.53 bits per heavy atom. The highest BCUT2D eigenvalue weighted by Gasteiger charge is 2.25. The van der Waals surface area contributed by atoms with Crippen LogP contribution < -0.4 is 10.1 Å². The Labute approximate surface area is 114 Å². The van der Waals surface area contributed by atoms with E-state index in [0.29, 0.717) is 5.75 Å². The lowest BCUT2D eigenvalue weighted by Crippen LogP contribution is -2.41. The van der Waals surface area contributed by atoms with Crippen LogP contribution in [0.5, 0.6) is 5.75 Å². The van der Waals surface area contributed by atoms with E-state index in [1.807, 2.05) is 6.07 Å². The van der Waals surface area contributed by atoms with Crippen molar-refractivity contribution in [2.24, 2.45) is 0 Å². The first-order valence-electron chi connectivity index (χ1n) is 6.92. The Morgan fingerprint density at radius 3 is 2.95 bits per heavy atom. The van der Waals surface area contributed by atoms with Crippen molar-refractivity contribution in [2.75, 3.05) is 20.3 Å². The van der Waals surface area contributed by atoms with Gasteiger partial charge in [0.1, 0.15) is 0 Å². The third-order valence-corrected chi connectivity index (χ3v) is 3.55. The molecular formula is C15H22FNO2. The highest BCUT2D eigenvalue weighted by molar-refractivity contribution is 5.29. The van der Waals surface area contributed by atoms with Crippen molar-refractivity contribution >= 4 is 0 Å². The maximum atomic E-state index is 13.7. The van der Waals surface area contributed by atoms with Crippen molar-refractivity contribution in [2.45, 2.75) is 38.3 Å². The molecule has 2 rings (SSSR count). The van der Waals surface area contributed by atoms with E-state index in [1.54, 1.807) is 12.1 Å². The van der Waals surface area contributed by atoms with Crippen LogP contribution in [0.1, 0.15) is 25.3 Å². The van der Waals surface area contributed by atoms with Gasteiger partial charge in [-0.25, -0.2) is 4.39 Å². The number of rotatable bonds is 6. The number of hydrogen-bond donors (Lipinski definition) is 1. The SMILES string of the molecule is CCNC(Cc1ccc(OC)c(F)c1)C1CCCO1. The number of nitrogens with one attached hydrogen (secondary N) is 1. The van der Waals surface area contributed by atoms with Crippen molar-refractivity contribution in [3.05, 3.63) is 29.6 Å². The van der Waals surface area contributed by atoms with Crippen molar-refractivity contribution in [1.82, 2.24) is 5.32 Å². The van der Waals surface area contributed by atoms with Gasteiger partial charge in [-0.2, -0.15) is 0 Å². The molecule has 1 aliphatic rings. The van der Waals surface area contributed by atoms with Gasteiger partial charge in [-0.05, 0) is 43.5 Å². The van der Waals surface area contributed by atoms with Gasteiger partial charge in [0, 0.05) is 12.6 Å². The number of ether oxygens (including phenoxy) is 2. The van der Waals surface area contributed by atoms with Crippen LogP contribution in [0.25, 0.3) is 0 Å². The predicted octanol–water partition coefficient (Wildman–Crippen LogP) is 2.53. The van der Waals surface area contributed by atoms with Gasteiger partial charge in [-0.1, -0.05) is 13.0 Å². The van der Waals surface area contributed by atoms with Crippen LogP contribution in [0.3, 0.4) is 0 Å². The number of benzene rings is 1. The Balaban J connectivity index is 2.05. The van der Waals surface area contributed by atoms with Crippen LogP contribution in [0.4, 0.5) is 4.39 Å². The third kappa shape index (κ3) is 3.67. The molecule has 1 N–H and O–H groups in total. The highest BCUT2D eigenvalue weighted by atomic mass is 19.1. The molecule has 0 saturated carbocycles. The molecule has 0 aromatic heterocycles. The second-order valence-electron chi connectivity index (χ2n) is 4.89. The van der Waals surface area contributed by atoms with E-state index in [9.17, 15) is 4.39 Å². The summed E-state index contributed by atoms with van der Waals surface area (Å²) in [5, 5.41) is 3.44. The van der Waals surface area contributed by atoms with Crippen molar-refractivity contribution in [3.63, 3.8) is 0 Å². The summed E-state index contributed by atoms with van der Waals surface area (Å²) in [6.45, 7) is 3.81. The van der Waals surface area contributed by atoms with Gasteiger partial charge in [0.25, 0.3) is 0 Å². The van der Waals surface area contributed by atoms with E-state index in [0.717, 1.165) is 38.0 Å². The van der Waals surface area contributed by atoms with Crippen LogP contribution >= 0.6 is 0 Å². The smallest absolute Gasteiger partial charge is 0.165 e. The van der Waals surface area contributed by atoms with E-state index in [4.69, 9.17) is 9.47 Å². The first-order chi connectivity index (χ1) is 9.24. The molecule has 106 valence electrons. The molecule has 1 aromatic rings. The van der Waals surface area contributed by atoms with Crippen LogP contribution in [-0.4, -0.2) is 32.4 Å². The third-order valence-electron chi connectivity index (χ3n) is 3.55. The van der Waals surface area contributed by atoms with E-state index < -0.39 is 0 Å². The maximum Gasteiger partial charge on any atom is 0.165 e. The van der Waals surface area contributed by atoms with Gasteiger partial charge in [0.2, 0.25) is 0 Å². The predicted molar refractivity (Wildman–Crippen MR) is 73.1 cm³/mol. The quantitative estimate of drug-likeness (QED) is 0.859. The van der Waals surface area contributed by atoms with Gasteiger partial charge < -0.3 is 14.8 Å². The van der Waals surface area contributed by atoms with E-state index >= 15 is 0 Å². The molecule has 1 saturated heterocycles. The van der Waals surface area contributed by atoms with E-state index in [-0.39, 0.29) is 18.0 Å². The molecule has 2 unspecified atom stereocenters. The molecule has 3 nitrogen and oxygen atoms in total. The fourth-order valence-electron chi connectivity index (χ4n) is 2.61. The lowest BCUT2D eigenvalue weighted by atomic mass is 9.99. The molecule has 0 bridgehead atoms. The zero-order chi connectivity index (χ0) is 13.7. The summed E-state index contributed by atoms with van der Waals surface area (Å²) in [6.07, 6.45) is 3.21. The highest BCUT2D eigenvalue weighted by Crippen LogP contribution is 2.22. The molecule has 1 aromatic carbocycles. The second-order valence-corrected chi connectivity index (χ2v) is 4.89. The van der Waals surface area contributed by atoms with Gasteiger partial charge in [-0.3, -0.25) is 0 Å². The minimum atomic E-state index is -0.303. The minimum Gasteiger partial charge on any atom is -0.494 e. The van der Waals surface area contributed by atoms with Gasteiger partial charge in [0.15, 0.2) is 11.6 Å². The summed E-state index contributed by atoms with van der Waals surface area (Å²) in [5.41, 5.74) is 0.972. The molecule has 1 fully saturated rings. The van der Waals surface area contributed by atoms with Crippen LogP contribution in [0.2, 0.25) is 0 Å². The summed E-state index contributed by atoms with van der Waals surface area (Å²) in [4.78, 5) is 0. The molecule has 19 heavy (non-hydrogen) atoms. The van der Waals surface area contributed by atoms with Crippen LogP contribution in [-0.2, 0) is 11.2 Å². The Morgan fingerprint density at radius 2 is 2.37 bits per heavy atom. The van der Waals surface area contributed by atoms with E-state index in [1.165, 1.54) is 7.11 Å². The average Bonchev–Trinajstić information content (AvgIpc) is 2.92. The largest absolute Gasteiger partial charge is 0.494 e. The van der Waals surface area contributed by atoms with Gasteiger partial charge in [-0.15, -0.1) is 0 Å². The van der Waals surface area contributed by atoms with Crippen LogP contribution in [0.15, 0.2) is 18.2 Å². The van der Waals surface area contributed by atoms with E-state index in [2.05, 4.69) is 12.2 Å². The number of halogens is 1. The maximum absolute atomic E-state index is 13.7. The topological polar surface area (TPSA) is 30.5 Å². The molecule has 0 amide bonds. The molecule has 1 aliphatic heterocycles. The lowest BCUT2D eigenvalue weighted by molar-refractivity contribution is 0.0789. The number of likely N-dealkylation sites (N-methyl/N-ethyl adjacent to an activating group) is 1. The number of hydrogen-bond acceptors (Lipinski definition) is 3. The van der Waals surface area contributed by atoms with Crippen LogP contribution in [0, 0.1) is 5.82 Å². The first kappa shape index (κ1) is 14.3. The summed E-state index contributed by atoms with van der Waals surface area (Å²) >= 11 is 0. The fraction of sp³-hybridized carbons (Fsp3) is 0.600. The average molecular weight is 267 g/mol. The second kappa shape index (κ2) is 6.87. The fourth-order valence-corrected chi connectivity index (χ4v) is 2.61. The summed E-state index contributed by atoms with van der Waals surface area (Å²) < 4.78 is 24.4. The molecule has 2 atom stereocenters. The Kier molecular flexibility index (Phi) is 5.16. The standard InChI is InChI=1S/C15H22FNO2/c1-3-17-13(15-5-4-8-19-15)10-11-6-7-14(18-2)12(16)9-11/h6-7,9,13,15,17H,3-5,8,10H2,1-2H3. The molecular weight excluding hydrogens is 245 g/mol. The zero-order valence-corrected chi connectivity index (χ0v) is 11.6. The molecule has 0 spiro atoms. The first-order valence-corrected chi connectivity index (χ1v) is 6.92. The normalized spacial score (nSPS) is 20.5. The lowest BCUT2D eigenvalue weighted by Gasteiger charge is -2.24. The summed E-state index contributed by atoms with van der Waals surface area (Å²) in [5.74, 6) is -0.0107. The summed E-state index contributed by atoms with van der Waals surface area (Å²) in [7, 11) is 1.48. The molecule has 0 aliphatic carbocycles. The van der Waals surface area contributed by atoms with Crippen molar-refractivity contribution in [3.8, 4) is 5.75 Å². The monoisotopic (exact) mass is 267 g/mol. The van der Waals surface area contributed by atoms with Gasteiger partial charge >= 0.3 is 0 Å². The minimum absolute atomic E-state index is 0.241. The molecule has 1 heterocycles. The van der Waals surface area contributed by atoms with Gasteiger partial charge in [0.05, 0.1) is 13.2 Å². The molecule has 0 radical (unpaired) electrons. The molecule has 4 heteroatoms. The Hall–Kier alpha value is -1.13. The zero-order valence-electron chi connectivity index (χ0n) is 11.6. The Bertz CT molecular complexity index is 405. The van der Waals surface area contributed by atoms with Crippen molar-refractivity contribution in [1.29, 1.82) is 0 Å². The van der Waals surface area contributed by atoms with Crippen molar-refractivity contribution < 1.29 is 13.9 Å². The number of methoxy groups -OCH3 is 1.